The first-order valence-electron chi connectivity index (χ1n) is 11.4. The van der Waals surface area contributed by atoms with E-state index in [2.05, 4.69) is 12.2 Å². The van der Waals surface area contributed by atoms with Gasteiger partial charge < -0.3 is 5.32 Å². The molecule has 0 bridgehead atoms. The fourth-order valence-corrected chi connectivity index (χ4v) is 6.41. The number of nitrogens with zero attached hydrogens (tertiary/aromatic N) is 1. The highest BCUT2D eigenvalue weighted by Crippen LogP contribution is 2.57. The average Bonchev–Trinajstić information content (AvgIpc) is 3.13. The maximum Gasteiger partial charge on any atom is 0.246 e. The number of benzene rings is 4. The third-order valence-corrected chi connectivity index (χ3v) is 8.33. The molecule has 0 fully saturated rings. The van der Waals surface area contributed by atoms with Crippen LogP contribution in [0.3, 0.4) is 0 Å². The van der Waals surface area contributed by atoms with E-state index in [0.29, 0.717) is 16.3 Å². The fourth-order valence-electron chi connectivity index (χ4n) is 4.81. The second-order valence-corrected chi connectivity index (χ2v) is 10.4. The Bertz CT molecular complexity index is 1440. The van der Waals surface area contributed by atoms with Crippen LogP contribution in [-0.2, 0) is 16.0 Å². The van der Waals surface area contributed by atoms with Gasteiger partial charge in [-0.2, -0.15) is 0 Å². The molecule has 7 heteroatoms. The number of halogens is 1. The Balaban J connectivity index is 1.74. The van der Waals surface area contributed by atoms with E-state index >= 15 is 0 Å². The normalized spacial score (nSPS) is 17.7. The molecule has 0 spiro atoms. The van der Waals surface area contributed by atoms with Crippen molar-refractivity contribution >= 4 is 45.7 Å². The Labute approximate surface area is 212 Å². The van der Waals surface area contributed by atoms with Crippen LogP contribution in [0.4, 0.5) is 5.69 Å². The minimum absolute atomic E-state index is 0.249. The van der Waals surface area contributed by atoms with Crippen LogP contribution in [0, 0.1) is 10.1 Å². The zero-order valence-corrected chi connectivity index (χ0v) is 20.6. The van der Waals surface area contributed by atoms with Gasteiger partial charge in [-0.25, -0.2) is 0 Å². The van der Waals surface area contributed by atoms with Crippen molar-refractivity contribution in [1.29, 1.82) is 0 Å². The molecule has 0 radical (unpaired) electrons. The number of aryl methyl sites for hydroxylation is 1. The lowest BCUT2D eigenvalue weighted by atomic mass is 9.80. The van der Waals surface area contributed by atoms with Crippen LogP contribution < -0.4 is 5.32 Å². The number of rotatable bonds is 7. The molecule has 0 unspecified atom stereocenters. The minimum Gasteiger partial charge on any atom is -0.324 e. The second-order valence-electron chi connectivity index (χ2n) is 8.65. The summed E-state index contributed by atoms with van der Waals surface area (Å²) in [7, 11) is 0. The van der Waals surface area contributed by atoms with E-state index in [0.717, 1.165) is 33.2 Å². The van der Waals surface area contributed by atoms with Crippen LogP contribution in [0.2, 0.25) is 5.02 Å². The minimum atomic E-state index is -1.23. The molecule has 0 aliphatic carbocycles. The monoisotopic (exact) mass is 502 g/mol. The van der Waals surface area contributed by atoms with Gasteiger partial charge in [0.05, 0.1) is 5.92 Å². The highest BCUT2D eigenvalue weighted by Gasteiger charge is 2.55. The van der Waals surface area contributed by atoms with Gasteiger partial charge in [0.1, 0.15) is 4.75 Å². The van der Waals surface area contributed by atoms with Gasteiger partial charge in [0.2, 0.25) is 12.5 Å². The SMILES string of the molecule is CCc1ccc2c(c1)[C@](Sc1ccc3ccccc3c1)([C@H](C[N+](=O)[O-])c1ccc(Cl)cc1)C(=O)N2. The van der Waals surface area contributed by atoms with E-state index in [9.17, 15) is 14.9 Å². The highest BCUT2D eigenvalue weighted by molar-refractivity contribution is 8.01. The standard InChI is InChI=1S/C28H23ClN2O3S/c1-2-18-7-14-26-24(15-18)28(27(32)30-26,25(17-31(33)34)20-8-11-22(29)12-9-20)35-23-13-10-19-5-3-4-6-21(19)16-23/h3-16,25H,2,17H2,1H3,(H,30,32)/t25-,28+/m1/s1. The zero-order chi connectivity index (χ0) is 24.6. The van der Waals surface area contributed by atoms with Crippen molar-refractivity contribution in [2.45, 2.75) is 28.9 Å². The Kier molecular flexibility index (Phi) is 6.26. The molecule has 1 N–H and O–H groups in total. The summed E-state index contributed by atoms with van der Waals surface area (Å²) >= 11 is 7.52. The molecule has 0 saturated heterocycles. The van der Waals surface area contributed by atoms with Gasteiger partial charge in [-0.1, -0.05) is 73.1 Å². The maximum atomic E-state index is 13.9. The Hall–Kier alpha value is -3.35. The van der Waals surface area contributed by atoms with Gasteiger partial charge in [-0.05, 0) is 58.7 Å². The fraction of sp³-hybridized carbons (Fsp3) is 0.179. The van der Waals surface area contributed by atoms with E-state index < -0.39 is 17.2 Å². The van der Waals surface area contributed by atoms with E-state index in [1.807, 2.05) is 60.7 Å². The number of carbonyl (C=O) groups excluding carboxylic acids is 1. The molecule has 5 nitrogen and oxygen atoms in total. The molecule has 0 saturated carbocycles. The first-order chi connectivity index (χ1) is 16.9. The Morgan fingerprint density at radius 3 is 2.46 bits per heavy atom. The molecule has 1 aliphatic heterocycles. The largest absolute Gasteiger partial charge is 0.324 e. The number of thioether (sulfide) groups is 1. The van der Waals surface area contributed by atoms with Crippen molar-refractivity contribution in [2.24, 2.45) is 0 Å². The third-order valence-electron chi connectivity index (χ3n) is 6.57. The Morgan fingerprint density at radius 1 is 1.00 bits per heavy atom. The molecule has 2 atom stereocenters. The summed E-state index contributed by atoms with van der Waals surface area (Å²) < 4.78 is -1.23. The molecule has 1 heterocycles. The number of nitrogens with one attached hydrogen (secondary N) is 1. The highest BCUT2D eigenvalue weighted by atomic mass is 35.5. The Morgan fingerprint density at radius 2 is 1.74 bits per heavy atom. The zero-order valence-electron chi connectivity index (χ0n) is 19.0. The first kappa shape index (κ1) is 23.4. The first-order valence-corrected chi connectivity index (χ1v) is 12.6. The van der Waals surface area contributed by atoms with Crippen molar-refractivity contribution < 1.29 is 9.72 Å². The van der Waals surface area contributed by atoms with E-state index in [1.54, 1.807) is 24.3 Å². The number of anilines is 1. The summed E-state index contributed by atoms with van der Waals surface area (Å²) in [6, 6.07) is 27.0. The number of fused-ring (bicyclic) bond motifs is 2. The summed E-state index contributed by atoms with van der Waals surface area (Å²) in [6.45, 7) is 1.66. The predicted molar refractivity (Wildman–Crippen MR) is 142 cm³/mol. The molecule has 4 aromatic rings. The summed E-state index contributed by atoms with van der Waals surface area (Å²) in [6.07, 6.45) is 0.791. The predicted octanol–water partition coefficient (Wildman–Crippen LogP) is 7.06. The number of nitro groups is 1. The van der Waals surface area contributed by atoms with Crippen molar-refractivity contribution in [3.8, 4) is 0 Å². The topological polar surface area (TPSA) is 72.2 Å². The van der Waals surface area contributed by atoms with Gasteiger partial charge in [-0.15, -0.1) is 11.8 Å². The number of amides is 1. The van der Waals surface area contributed by atoms with Gasteiger partial charge in [0.15, 0.2) is 0 Å². The maximum absolute atomic E-state index is 13.9. The van der Waals surface area contributed by atoms with Crippen molar-refractivity contribution in [2.75, 3.05) is 11.9 Å². The van der Waals surface area contributed by atoms with Gasteiger partial charge >= 0.3 is 0 Å². The van der Waals surface area contributed by atoms with Crippen LogP contribution in [0.25, 0.3) is 10.8 Å². The number of hydrogen-bond acceptors (Lipinski definition) is 4. The molecule has 176 valence electrons. The van der Waals surface area contributed by atoms with Crippen molar-refractivity contribution in [1.82, 2.24) is 0 Å². The lowest BCUT2D eigenvalue weighted by Crippen LogP contribution is -2.40. The molecule has 1 aliphatic rings. The smallest absolute Gasteiger partial charge is 0.246 e. The second kappa shape index (κ2) is 9.36. The quantitative estimate of drug-likeness (QED) is 0.217. The number of hydrogen-bond donors (Lipinski definition) is 1. The number of carbonyl (C=O) groups is 1. The van der Waals surface area contributed by atoms with Gasteiger partial charge in [-0.3, -0.25) is 14.9 Å². The van der Waals surface area contributed by atoms with E-state index in [4.69, 9.17) is 11.6 Å². The van der Waals surface area contributed by atoms with Crippen LogP contribution >= 0.6 is 23.4 Å². The lowest BCUT2D eigenvalue weighted by Gasteiger charge is -2.34. The van der Waals surface area contributed by atoms with Crippen molar-refractivity contribution in [3.05, 3.63) is 117 Å². The molecule has 0 aromatic heterocycles. The molecule has 4 aromatic carbocycles. The lowest BCUT2D eigenvalue weighted by molar-refractivity contribution is -0.484. The molecular weight excluding hydrogens is 480 g/mol. The third kappa shape index (κ3) is 4.28. The summed E-state index contributed by atoms with van der Waals surface area (Å²) in [5.74, 6) is -0.972. The molecule has 35 heavy (non-hydrogen) atoms. The van der Waals surface area contributed by atoms with Crippen LogP contribution in [0.15, 0.2) is 89.8 Å². The average molecular weight is 503 g/mol. The van der Waals surface area contributed by atoms with E-state index in [1.165, 1.54) is 11.8 Å². The van der Waals surface area contributed by atoms with Crippen molar-refractivity contribution in [3.63, 3.8) is 0 Å². The summed E-state index contributed by atoms with van der Waals surface area (Å²) in [5.41, 5.74) is 3.24. The van der Waals surface area contributed by atoms with E-state index in [-0.39, 0.29) is 10.8 Å². The molecule has 5 rings (SSSR count). The molecule has 1 amide bonds. The van der Waals surface area contributed by atoms with Crippen LogP contribution in [0.1, 0.15) is 29.5 Å². The molecular formula is C28H23ClN2O3S. The summed E-state index contributed by atoms with van der Waals surface area (Å²) in [4.78, 5) is 26.4. The van der Waals surface area contributed by atoms with Gasteiger partial charge in [0, 0.05) is 26.1 Å². The van der Waals surface area contributed by atoms with Crippen LogP contribution in [-0.4, -0.2) is 17.4 Å². The van der Waals surface area contributed by atoms with Crippen LogP contribution in [0.5, 0.6) is 0 Å². The van der Waals surface area contributed by atoms with Gasteiger partial charge in [0.25, 0.3) is 0 Å². The summed E-state index contributed by atoms with van der Waals surface area (Å²) in [5, 5.41) is 17.7.